The molecule has 2 amide bonds. The lowest BCUT2D eigenvalue weighted by Crippen LogP contribution is -2.36. The normalized spacial score (nSPS) is 15.4. The van der Waals surface area contributed by atoms with Crippen LogP contribution in [0.5, 0.6) is 0 Å². The van der Waals surface area contributed by atoms with Gasteiger partial charge in [-0.3, -0.25) is 0 Å². The van der Waals surface area contributed by atoms with Crippen LogP contribution in [-0.4, -0.2) is 44.7 Å². The first-order valence-electron chi connectivity index (χ1n) is 8.74. The zero-order valence-corrected chi connectivity index (χ0v) is 15.7. The molecule has 0 bridgehead atoms. The standard InChI is InChI=1S/C19H26N4OS/c1-22(2)17(18-10-7-13-25-18)14-20-19(24)21-15-8-3-4-9-16(15)23-11-5-6-12-23/h3-4,7-10,13,17H,5-6,11-12,14H2,1-2H3,(H2,20,21,24)/t17-/m1/s1. The molecule has 1 saturated heterocycles. The number of rotatable bonds is 6. The Hall–Kier alpha value is -2.05. The lowest BCUT2D eigenvalue weighted by molar-refractivity contribution is 0.244. The summed E-state index contributed by atoms with van der Waals surface area (Å²) in [4.78, 5) is 18.1. The molecule has 0 spiro atoms. The Labute approximate surface area is 153 Å². The van der Waals surface area contributed by atoms with Gasteiger partial charge in [0.05, 0.1) is 17.4 Å². The fraction of sp³-hybridized carbons (Fsp3) is 0.421. The molecule has 1 aromatic heterocycles. The van der Waals surface area contributed by atoms with E-state index in [1.165, 1.54) is 17.7 Å². The molecule has 0 radical (unpaired) electrons. The molecule has 0 aliphatic carbocycles. The molecule has 5 nitrogen and oxygen atoms in total. The lowest BCUT2D eigenvalue weighted by Gasteiger charge is -2.24. The molecule has 0 unspecified atom stereocenters. The molecule has 1 aromatic carbocycles. The highest BCUT2D eigenvalue weighted by atomic mass is 32.1. The van der Waals surface area contributed by atoms with Crippen molar-refractivity contribution in [2.45, 2.75) is 18.9 Å². The van der Waals surface area contributed by atoms with Gasteiger partial charge >= 0.3 is 6.03 Å². The highest BCUT2D eigenvalue weighted by molar-refractivity contribution is 7.10. The second kappa shape index (κ2) is 8.36. The van der Waals surface area contributed by atoms with Crippen molar-refractivity contribution in [3.8, 4) is 0 Å². The summed E-state index contributed by atoms with van der Waals surface area (Å²) < 4.78 is 0. The van der Waals surface area contributed by atoms with E-state index < -0.39 is 0 Å². The lowest BCUT2D eigenvalue weighted by atomic mass is 10.2. The summed E-state index contributed by atoms with van der Waals surface area (Å²) in [7, 11) is 4.07. The van der Waals surface area contributed by atoms with Crippen LogP contribution in [0.3, 0.4) is 0 Å². The van der Waals surface area contributed by atoms with Crippen molar-refractivity contribution in [1.82, 2.24) is 10.2 Å². The highest BCUT2D eigenvalue weighted by Gasteiger charge is 2.18. The highest BCUT2D eigenvalue weighted by Crippen LogP contribution is 2.28. The molecular formula is C19H26N4OS. The van der Waals surface area contributed by atoms with Crippen molar-refractivity contribution >= 4 is 28.7 Å². The molecule has 1 aliphatic heterocycles. The summed E-state index contributed by atoms with van der Waals surface area (Å²) in [6.45, 7) is 2.69. The topological polar surface area (TPSA) is 47.6 Å². The van der Waals surface area contributed by atoms with Crippen LogP contribution in [0.25, 0.3) is 0 Å². The summed E-state index contributed by atoms with van der Waals surface area (Å²) in [5, 5.41) is 8.10. The Morgan fingerprint density at radius 1 is 1.20 bits per heavy atom. The van der Waals surface area contributed by atoms with Crippen molar-refractivity contribution in [1.29, 1.82) is 0 Å². The van der Waals surface area contributed by atoms with E-state index in [0.29, 0.717) is 6.54 Å². The number of nitrogens with one attached hydrogen (secondary N) is 2. The molecule has 134 valence electrons. The molecule has 1 fully saturated rings. The average molecular weight is 359 g/mol. The number of benzene rings is 1. The first-order valence-corrected chi connectivity index (χ1v) is 9.62. The van der Waals surface area contributed by atoms with Crippen LogP contribution in [0.1, 0.15) is 23.8 Å². The van der Waals surface area contributed by atoms with E-state index in [4.69, 9.17) is 0 Å². The third kappa shape index (κ3) is 4.52. The minimum absolute atomic E-state index is 0.157. The summed E-state index contributed by atoms with van der Waals surface area (Å²) in [5.74, 6) is 0. The molecule has 2 heterocycles. The number of hydrogen-bond donors (Lipinski definition) is 2. The van der Waals surface area contributed by atoms with Gasteiger partial charge in [0.2, 0.25) is 0 Å². The van der Waals surface area contributed by atoms with Gasteiger partial charge in [-0.2, -0.15) is 0 Å². The van der Waals surface area contributed by atoms with Crippen LogP contribution < -0.4 is 15.5 Å². The maximum absolute atomic E-state index is 12.4. The largest absolute Gasteiger partial charge is 0.370 e. The van der Waals surface area contributed by atoms with Crippen molar-refractivity contribution in [2.24, 2.45) is 0 Å². The number of hydrogen-bond acceptors (Lipinski definition) is 4. The van der Waals surface area contributed by atoms with Crippen LogP contribution in [0.4, 0.5) is 16.2 Å². The number of anilines is 2. The first-order chi connectivity index (χ1) is 12.1. The van der Waals surface area contributed by atoms with E-state index in [-0.39, 0.29) is 12.1 Å². The van der Waals surface area contributed by atoms with Crippen LogP contribution in [0, 0.1) is 0 Å². The first kappa shape index (κ1) is 17.8. The second-order valence-electron chi connectivity index (χ2n) is 6.54. The molecule has 1 atom stereocenters. The van der Waals surface area contributed by atoms with E-state index >= 15 is 0 Å². The van der Waals surface area contributed by atoms with Gasteiger partial charge in [0.15, 0.2) is 0 Å². The predicted octanol–water partition coefficient (Wildman–Crippen LogP) is 3.77. The van der Waals surface area contributed by atoms with E-state index in [9.17, 15) is 4.79 Å². The van der Waals surface area contributed by atoms with Gasteiger partial charge in [-0.15, -0.1) is 11.3 Å². The van der Waals surface area contributed by atoms with Crippen LogP contribution in [-0.2, 0) is 0 Å². The fourth-order valence-electron chi connectivity index (χ4n) is 3.19. The number of nitrogens with zero attached hydrogens (tertiary/aromatic N) is 2. The number of urea groups is 1. The van der Waals surface area contributed by atoms with E-state index in [1.54, 1.807) is 11.3 Å². The molecule has 1 aliphatic rings. The van der Waals surface area contributed by atoms with Gasteiger partial charge in [0.1, 0.15) is 0 Å². The van der Waals surface area contributed by atoms with Gasteiger partial charge < -0.3 is 20.4 Å². The van der Waals surface area contributed by atoms with E-state index in [0.717, 1.165) is 24.5 Å². The van der Waals surface area contributed by atoms with Crippen molar-refractivity contribution in [2.75, 3.05) is 43.9 Å². The smallest absolute Gasteiger partial charge is 0.319 e. The van der Waals surface area contributed by atoms with Gasteiger partial charge in [-0.05, 0) is 50.5 Å². The maximum Gasteiger partial charge on any atom is 0.319 e. The second-order valence-corrected chi connectivity index (χ2v) is 7.52. The number of carbonyl (C=O) groups is 1. The summed E-state index contributed by atoms with van der Waals surface area (Å²) >= 11 is 1.71. The van der Waals surface area contributed by atoms with Crippen LogP contribution in [0.15, 0.2) is 41.8 Å². The quantitative estimate of drug-likeness (QED) is 0.826. The van der Waals surface area contributed by atoms with Gasteiger partial charge in [-0.1, -0.05) is 18.2 Å². The molecule has 0 saturated carbocycles. The van der Waals surface area contributed by atoms with Gasteiger partial charge in [0.25, 0.3) is 0 Å². The van der Waals surface area contributed by atoms with Crippen LogP contribution >= 0.6 is 11.3 Å². The average Bonchev–Trinajstić information content (AvgIpc) is 3.29. The monoisotopic (exact) mass is 358 g/mol. The molecule has 3 rings (SSSR count). The Morgan fingerprint density at radius 3 is 2.64 bits per heavy atom. The zero-order chi connectivity index (χ0) is 17.6. The third-order valence-electron chi connectivity index (χ3n) is 4.55. The Balaban J connectivity index is 1.61. The van der Waals surface area contributed by atoms with E-state index in [1.807, 2.05) is 38.4 Å². The van der Waals surface area contributed by atoms with Gasteiger partial charge in [-0.25, -0.2) is 4.79 Å². The maximum atomic E-state index is 12.4. The summed E-state index contributed by atoms with van der Waals surface area (Å²) in [6, 6.07) is 12.2. The minimum atomic E-state index is -0.157. The van der Waals surface area contributed by atoms with Crippen LogP contribution in [0.2, 0.25) is 0 Å². The molecular weight excluding hydrogens is 332 g/mol. The SMILES string of the molecule is CN(C)[C@H](CNC(=O)Nc1ccccc1N1CCCC1)c1cccs1. The van der Waals surface area contributed by atoms with Crippen molar-refractivity contribution in [3.05, 3.63) is 46.7 Å². The molecule has 6 heteroatoms. The zero-order valence-electron chi connectivity index (χ0n) is 14.9. The predicted molar refractivity (Wildman–Crippen MR) is 106 cm³/mol. The summed E-state index contributed by atoms with van der Waals surface area (Å²) in [5.41, 5.74) is 1.98. The van der Waals surface area contributed by atoms with E-state index in [2.05, 4.69) is 37.9 Å². The Morgan fingerprint density at radius 2 is 1.96 bits per heavy atom. The Bertz CT molecular complexity index is 680. The summed E-state index contributed by atoms with van der Waals surface area (Å²) in [6.07, 6.45) is 2.43. The number of likely N-dealkylation sites (N-methyl/N-ethyl adjacent to an activating group) is 1. The van der Waals surface area contributed by atoms with Crippen molar-refractivity contribution in [3.63, 3.8) is 0 Å². The molecule has 2 N–H and O–H groups in total. The number of carbonyl (C=O) groups excluding carboxylic acids is 1. The fourth-order valence-corrected chi connectivity index (χ4v) is 4.11. The molecule has 25 heavy (non-hydrogen) atoms. The number of amides is 2. The third-order valence-corrected chi connectivity index (χ3v) is 5.52. The number of thiophene rings is 1. The Kier molecular flexibility index (Phi) is 5.94. The van der Waals surface area contributed by atoms with Gasteiger partial charge in [0, 0.05) is 24.5 Å². The molecule has 2 aromatic rings. The minimum Gasteiger partial charge on any atom is -0.370 e. The van der Waals surface area contributed by atoms with Crippen molar-refractivity contribution < 1.29 is 4.79 Å². The number of para-hydroxylation sites is 2.